The number of hydrogen-bond acceptors (Lipinski definition) is 3. The van der Waals surface area contributed by atoms with Crippen molar-refractivity contribution in [2.45, 2.75) is 0 Å². The maximum atomic E-state index is 5.28. The van der Waals surface area contributed by atoms with Crippen LogP contribution in [-0.4, -0.2) is 19.2 Å². The molecule has 4 heteroatoms. The van der Waals surface area contributed by atoms with Crippen LogP contribution in [0.5, 0.6) is 11.5 Å². The van der Waals surface area contributed by atoms with Crippen LogP contribution in [0, 0.1) is 0 Å². The Bertz CT molecular complexity index is 529. The van der Waals surface area contributed by atoms with Crippen LogP contribution in [0.2, 0.25) is 0 Å². The minimum absolute atomic E-state index is 0.720. The van der Waals surface area contributed by atoms with Gasteiger partial charge in [-0.2, -0.15) is 0 Å². The van der Waals surface area contributed by atoms with Gasteiger partial charge < -0.3 is 9.47 Å². The van der Waals surface area contributed by atoms with Crippen molar-refractivity contribution in [2.75, 3.05) is 14.2 Å². The van der Waals surface area contributed by atoms with Gasteiger partial charge in [0.1, 0.15) is 4.60 Å². The first-order valence-corrected chi connectivity index (χ1v) is 5.88. The molecule has 0 saturated heterocycles. The first-order chi connectivity index (χ1) is 8.24. The molecule has 0 aliphatic carbocycles. The van der Waals surface area contributed by atoms with Crippen LogP contribution >= 0.6 is 15.9 Å². The average Bonchev–Trinajstić information content (AvgIpc) is 2.38. The number of hydrogen-bond donors (Lipinski definition) is 0. The fraction of sp³-hybridized carbons (Fsp3) is 0.154. The molecule has 1 heterocycles. The maximum Gasteiger partial charge on any atom is 0.161 e. The molecule has 1 aromatic heterocycles. The highest BCUT2D eigenvalue weighted by atomic mass is 79.9. The highest BCUT2D eigenvalue weighted by Gasteiger charge is 2.06. The van der Waals surface area contributed by atoms with Gasteiger partial charge in [-0.1, -0.05) is 6.07 Å². The van der Waals surface area contributed by atoms with Crippen LogP contribution in [0.15, 0.2) is 41.1 Å². The van der Waals surface area contributed by atoms with Gasteiger partial charge in [0.25, 0.3) is 0 Å². The number of rotatable bonds is 3. The van der Waals surface area contributed by atoms with E-state index in [2.05, 4.69) is 20.9 Å². The molecule has 0 N–H and O–H groups in total. The van der Waals surface area contributed by atoms with Crippen molar-refractivity contribution in [1.29, 1.82) is 0 Å². The third kappa shape index (κ3) is 2.58. The molecule has 0 spiro atoms. The minimum atomic E-state index is 0.720. The summed E-state index contributed by atoms with van der Waals surface area (Å²) in [6.07, 6.45) is 1.76. The van der Waals surface area contributed by atoms with E-state index in [1.54, 1.807) is 20.4 Å². The standard InChI is InChI=1S/C13H12BrNO2/c1-16-11-4-3-9(7-12(11)17-2)10-5-6-15-13(14)8-10/h3-8H,1-2H3. The van der Waals surface area contributed by atoms with E-state index < -0.39 is 0 Å². The number of aromatic nitrogens is 1. The van der Waals surface area contributed by atoms with E-state index in [4.69, 9.17) is 9.47 Å². The molecule has 3 nitrogen and oxygen atoms in total. The third-order valence-corrected chi connectivity index (χ3v) is 2.88. The molecule has 2 aromatic rings. The van der Waals surface area contributed by atoms with Crippen molar-refractivity contribution in [3.05, 3.63) is 41.1 Å². The Balaban J connectivity index is 2.46. The number of nitrogens with zero attached hydrogens (tertiary/aromatic N) is 1. The second-order valence-electron chi connectivity index (χ2n) is 3.44. The molecule has 0 atom stereocenters. The van der Waals surface area contributed by atoms with Crippen LogP contribution in [0.25, 0.3) is 11.1 Å². The van der Waals surface area contributed by atoms with Crippen LogP contribution in [0.1, 0.15) is 0 Å². The van der Waals surface area contributed by atoms with Crippen molar-refractivity contribution in [1.82, 2.24) is 4.98 Å². The lowest BCUT2D eigenvalue weighted by molar-refractivity contribution is 0.355. The van der Waals surface area contributed by atoms with Gasteiger partial charge in [-0.25, -0.2) is 4.98 Å². The summed E-state index contributed by atoms with van der Waals surface area (Å²) in [5.74, 6) is 1.45. The predicted octanol–water partition coefficient (Wildman–Crippen LogP) is 3.53. The quantitative estimate of drug-likeness (QED) is 0.812. The highest BCUT2D eigenvalue weighted by molar-refractivity contribution is 9.10. The van der Waals surface area contributed by atoms with Crippen LogP contribution in [0.3, 0.4) is 0 Å². The molecule has 0 radical (unpaired) electrons. The number of halogens is 1. The molecule has 0 bridgehead atoms. The van der Waals surface area contributed by atoms with Gasteiger partial charge in [-0.3, -0.25) is 0 Å². The summed E-state index contributed by atoms with van der Waals surface area (Å²) in [6, 6.07) is 9.74. The molecular formula is C13H12BrNO2. The second kappa shape index (κ2) is 5.19. The molecule has 0 amide bonds. The Labute approximate surface area is 109 Å². The molecule has 0 fully saturated rings. The van der Waals surface area contributed by atoms with E-state index in [1.807, 2.05) is 30.3 Å². The fourth-order valence-corrected chi connectivity index (χ4v) is 1.96. The molecule has 0 aliphatic heterocycles. The van der Waals surface area contributed by atoms with E-state index in [0.717, 1.165) is 27.2 Å². The summed E-state index contributed by atoms with van der Waals surface area (Å²) in [5.41, 5.74) is 2.14. The minimum Gasteiger partial charge on any atom is -0.493 e. The molecule has 17 heavy (non-hydrogen) atoms. The van der Waals surface area contributed by atoms with Crippen LogP contribution in [-0.2, 0) is 0 Å². The molecule has 1 aromatic carbocycles. The predicted molar refractivity (Wildman–Crippen MR) is 70.5 cm³/mol. The zero-order valence-electron chi connectivity index (χ0n) is 9.61. The lowest BCUT2D eigenvalue weighted by Gasteiger charge is -2.09. The summed E-state index contributed by atoms with van der Waals surface area (Å²) in [4.78, 5) is 4.10. The molecular weight excluding hydrogens is 282 g/mol. The van der Waals surface area contributed by atoms with E-state index >= 15 is 0 Å². The first kappa shape index (κ1) is 11.9. The summed E-state index contributed by atoms with van der Waals surface area (Å²) in [6.45, 7) is 0. The van der Waals surface area contributed by atoms with Gasteiger partial charge in [0.05, 0.1) is 14.2 Å². The van der Waals surface area contributed by atoms with Crippen molar-refractivity contribution < 1.29 is 9.47 Å². The number of pyridine rings is 1. The SMILES string of the molecule is COc1ccc(-c2ccnc(Br)c2)cc1OC. The van der Waals surface area contributed by atoms with E-state index in [9.17, 15) is 0 Å². The van der Waals surface area contributed by atoms with Gasteiger partial charge >= 0.3 is 0 Å². The Morgan fingerprint density at radius 2 is 1.65 bits per heavy atom. The average molecular weight is 294 g/mol. The molecule has 2 rings (SSSR count). The van der Waals surface area contributed by atoms with E-state index in [1.165, 1.54) is 0 Å². The van der Waals surface area contributed by atoms with Crippen molar-refractivity contribution in [2.24, 2.45) is 0 Å². The third-order valence-electron chi connectivity index (χ3n) is 2.44. The lowest BCUT2D eigenvalue weighted by Crippen LogP contribution is -1.91. The van der Waals surface area contributed by atoms with Crippen LogP contribution in [0.4, 0.5) is 0 Å². The zero-order chi connectivity index (χ0) is 12.3. The number of benzene rings is 1. The van der Waals surface area contributed by atoms with Crippen molar-refractivity contribution in [3.8, 4) is 22.6 Å². The largest absolute Gasteiger partial charge is 0.493 e. The monoisotopic (exact) mass is 293 g/mol. The number of methoxy groups -OCH3 is 2. The summed E-state index contributed by atoms with van der Waals surface area (Å²) in [7, 11) is 3.25. The molecule has 0 saturated carbocycles. The number of ether oxygens (including phenoxy) is 2. The Kier molecular flexibility index (Phi) is 3.64. The van der Waals surface area contributed by atoms with Crippen molar-refractivity contribution in [3.63, 3.8) is 0 Å². The summed E-state index contributed by atoms with van der Waals surface area (Å²) in [5, 5.41) is 0. The Morgan fingerprint density at radius 3 is 2.29 bits per heavy atom. The summed E-state index contributed by atoms with van der Waals surface area (Å²) < 4.78 is 11.3. The van der Waals surface area contributed by atoms with Gasteiger partial charge in [0.15, 0.2) is 11.5 Å². The van der Waals surface area contributed by atoms with Gasteiger partial charge in [-0.15, -0.1) is 0 Å². The first-order valence-electron chi connectivity index (χ1n) is 5.08. The molecule has 0 unspecified atom stereocenters. The van der Waals surface area contributed by atoms with Gasteiger partial charge in [-0.05, 0) is 51.3 Å². The topological polar surface area (TPSA) is 31.4 Å². The van der Waals surface area contributed by atoms with Crippen LogP contribution < -0.4 is 9.47 Å². The Hall–Kier alpha value is -1.55. The van der Waals surface area contributed by atoms with Crippen molar-refractivity contribution >= 4 is 15.9 Å². The second-order valence-corrected chi connectivity index (χ2v) is 4.25. The highest BCUT2D eigenvalue weighted by Crippen LogP contribution is 2.32. The molecule has 0 aliphatic rings. The van der Waals surface area contributed by atoms with E-state index in [0.29, 0.717) is 0 Å². The Morgan fingerprint density at radius 1 is 0.941 bits per heavy atom. The van der Waals surface area contributed by atoms with Gasteiger partial charge in [0.2, 0.25) is 0 Å². The maximum absolute atomic E-state index is 5.28. The zero-order valence-corrected chi connectivity index (χ0v) is 11.2. The lowest BCUT2D eigenvalue weighted by atomic mass is 10.1. The molecule has 88 valence electrons. The smallest absolute Gasteiger partial charge is 0.161 e. The van der Waals surface area contributed by atoms with Gasteiger partial charge in [0, 0.05) is 6.20 Å². The summed E-state index contributed by atoms with van der Waals surface area (Å²) >= 11 is 3.36. The van der Waals surface area contributed by atoms with E-state index in [-0.39, 0.29) is 0 Å². The fourth-order valence-electron chi connectivity index (χ4n) is 1.60. The normalized spacial score (nSPS) is 10.1.